The molecule has 21 heavy (non-hydrogen) atoms. The summed E-state index contributed by atoms with van der Waals surface area (Å²) in [6, 6.07) is 10.5. The fourth-order valence-electron chi connectivity index (χ4n) is 3.40. The van der Waals surface area contributed by atoms with Crippen molar-refractivity contribution in [1.29, 1.82) is 0 Å². The molecular weight excluding hydrogens is 258 g/mol. The zero-order valence-corrected chi connectivity index (χ0v) is 13.9. The minimum Gasteiger partial charge on any atom is -0.371 e. The Morgan fingerprint density at radius 1 is 1.19 bits per heavy atom. The van der Waals surface area contributed by atoms with Gasteiger partial charge in [-0.1, -0.05) is 39.0 Å². The van der Waals surface area contributed by atoms with Gasteiger partial charge in [0.1, 0.15) is 5.78 Å². The number of hydrogen-bond donors (Lipinski definition) is 0. The number of benzene rings is 1. The van der Waals surface area contributed by atoms with Crippen molar-refractivity contribution in [2.75, 3.05) is 18.0 Å². The Balaban J connectivity index is 2.07. The van der Waals surface area contributed by atoms with E-state index < -0.39 is 0 Å². The normalized spacial score (nSPS) is 23.1. The molecule has 1 aliphatic rings. The molecule has 0 saturated heterocycles. The Morgan fingerprint density at radius 3 is 2.43 bits per heavy atom. The van der Waals surface area contributed by atoms with Crippen molar-refractivity contribution in [3.05, 3.63) is 30.3 Å². The van der Waals surface area contributed by atoms with Gasteiger partial charge in [0.2, 0.25) is 0 Å². The molecule has 1 saturated carbocycles. The Kier molecular flexibility index (Phi) is 5.08. The van der Waals surface area contributed by atoms with Gasteiger partial charge in [-0.2, -0.15) is 0 Å². The predicted molar refractivity (Wildman–Crippen MR) is 89.6 cm³/mol. The molecule has 1 aromatic carbocycles. The van der Waals surface area contributed by atoms with Gasteiger partial charge in [-0.25, -0.2) is 0 Å². The molecule has 0 spiro atoms. The van der Waals surface area contributed by atoms with Crippen LogP contribution in [0.2, 0.25) is 0 Å². The Bertz CT molecular complexity index is 460. The van der Waals surface area contributed by atoms with Gasteiger partial charge in [-0.05, 0) is 43.2 Å². The number of nitrogens with zero attached hydrogens (tertiary/aromatic N) is 1. The van der Waals surface area contributed by atoms with Crippen LogP contribution in [-0.4, -0.2) is 18.9 Å². The Morgan fingerprint density at radius 2 is 1.86 bits per heavy atom. The van der Waals surface area contributed by atoms with Gasteiger partial charge in [0, 0.05) is 31.1 Å². The number of carbonyl (C=O) groups is 1. The van der Waals surface area contributed by atoms with Crippen LogP contribution in [-0.2, 0) is 4.79 Å². The van der Waals surface area contributed by atoms with Crippen molar-refractivity contribution in [2.24, 2.45) is 17.3 Å². The van der Waals surface area contributed by atoms with Gasteiger partial charge in [0.25, 0.3) is 0 Å². The summed E-state index contributed by atoms with van der Waals surface area (Å²) >= 11 is 0. The minimum atomic E-state index is 0.197. The first-order chi connectivity index (χ1) is 9.91. The molecule has 0 aromatic heterocycles. The smallest absolute Gasteiger partial charge is 0.137 e. The largest absolute Gasteiger partial charge is 0.371 e. The molecule has 2 rings (SSSR count). The van der Waals surface area contributed by atoms with Gasteiger partial charge in [0.05, 0.1) is 0 Å². The quantitative estimate of drug-likeness (QED) is 0.810. The Hall–Kier alpha value is -1.31. The van der Waals surface area contributed by atoms with Crippen molar-refractivity contribution >= 4 is 11.5 Å². The van der Waals surface area contributed by atoms with Crippen molar-refractivity contribution in [3.8, 4) is 0 Å². The number of carbonyl (C=O) groups excluding carboxylic acids is 1. The summed E-state index contributed by atoms with van der Waals surface area (Å²) in [4.78, 5) is 14.7. The van der Waals surface area contributed by atoms with Gasteiger partial charge in [-0.15, -0.1) is 0 Å². The topological polar surface area (TPSA) is 20.3 Å². The maximum Gasteiger partial charge on any atom is 0.137 e. The first kappa shape index (κ1) is 16.1. The lowest BCUT2D eigenvalue weighted by atomic mass is 9.68. The molecule has 2 unspecified atom stereocenters. The fourth-order valence-corrected chi connectivity index (χ4v) is 3.40. The molecule has 2 atom stereocenters. The highest BCUT2D eigenvalue weighted by atomic mass is 16.1. The van der Waals surface area contributed by atoms with Gasteiger partial charge in [0.15, 0.2) is 0 Å². The molecule has 0 N–H and O–H groups in total. The summed E-state index contributed by atoms with van der Waals surface area (Å²) in [7, 11) is 0. The zero-order valence-electron chi connectivity index (χ0n) is 13.9. The maximum absolute atomic E-state index is 12.3. The van der Waals surface area contributed by atoms with Crippen molar-refractivity contribution < 1.29 is 4.79 Å². The molecule has 1 fully saturated rings. The number of rotatable bonds is 4. The van der Waals surface area contributed by atoms with Crippen LogP contribution in [0.5, 0.6) is 0 Å². The van der Waals surface area contributed by atoms with E-state index in [2.05, 4.69) is 56.9 Å². The SMILES string of the molecule is CCN(CC1CC(C(C)(C)C)CCC1=O)c1ccccc1. The van der Waals surface area contributed by atoms with Gasteiger partial charge in [-0.3, -0.25) is 4.79 Å². The molecule has 1 aliphatic carbocycles. The van der Waals surface area contributed by atoms with E-state index in [1.165, 1.54) is 5.69 Å². The third-order valence-corrected chi connectivity index (χ3v) is 4.93. The number of hydrogen-bond acceptors (Lipinski definition) is 2. The third-order valence-electron chi connectivity index (χ3n) is 4.93. The van der Waals surface area contributed by atoms with E-state index >= 15 is 0 Å². The zero-order chi connectivity index (χ0) is 15.5. The van der Waals surface area contributed by atoms with Crippen LogP contribution in [0.1, 0.15) is 47.0 Å². The molecule has 0 radical (unpaired) electrons. The van der Waals surface area contributed by atoms with Crippen LogP contribution in [0, 0.1) is 17.3 Å². The lowest BCUT2D eigenvalue weighted by Crippen LogP contribution is -2.39. The second kappa shape index (κ2) is 6.64. The first-order valence-electron chi connectivity index (χ1n) is 8.24. The number of Topliss-reactive ketones (excluding diaryl/α,β-unsaturated/α-hetero) is 1. The third kappa shape index (κ3) is 4.09. The maximum atomic E-state index is 12.3. The van der Waals surface area contributed by atoms with Crippen LogP contribution in [0.25, 0.3) is 0 Å². The Labute approximate surface area is 129 Å². The van der Waals surface area contributed by atoms with E-state index in [1.807, 2.05) is 6.07 Å². The molecule has 0 heterocycles. The summed E-state index contributed by atoms with van der Waals surface area (Å²) in [5, 5.41) is 0. The summed E-state index contributed by atoms with van der Waals surface area (Å²) < 4.78 is 0. The van der Waals surface area contributed by atoms with Crippen molar-refractivity contribution in [3.63, 3.8) is 0 Å². The average molecular weight is 287 g/mol. The molecule has 0 aliphatic heterocycles. The monoisotopic (exact) mass is 287 g/mol. The van der Waals surface area contributed by atoms with E-state index in [4.69, 9.17) is 0 Å². The van der Waals surface area contributed by atoms with Gasteiger partial charge >= 0.3 is 0 Å². The van der Waals surface area contributed by atoms with E-state index in [-0.39, 0.29) is 5.92 Å². The summed E-state index contributed by atoms with van der Waals surface area (Å²) in [5.41, 5.74) is 1.54. The molecule has 0 bridgehead atoms. The van der Waals surface area contributed by atoms with Crippen molar-refractivity contribution in [1.82, 2.24) is 0 Å². The summed E-state index contributed by atoms with van der Waals surface area (Å²) in [6.45, 7) is 10.9. The van der Waals surface area contributed by atoms with Crippen molar-refractivity contribution in [2.45, 2.75) is 47.0 Å². The molecular formula is C19H29NO. The fraction of sp³-hybridized carbons (Fsp3) is 0.632. The average Bonchev–Trinajstić information content (AvgIpc) is 2.46. The number of anilines is 1. The summed E-state index contributed by atoms with van der Waals surface area (Å²) in [6.07, 6.45) is 2.88. The van der Waals surface area contributed by atoms with E-state index in [0.29, 0.717) is 17.1 Å². The molecule has 2 nitrogen and oxygen atoms in total. The van der Waals surface area contributed by atoms with Crippen LogP contribution in [0.15, 0.2) is 30.3 Å². The highest BCUT2D eigenvalue weighted by Gasteiger charge is 2.35. The van der Waals surface area contributed by atoms with Crippen LogP contribution >= 0.6 is 0 Å². The lowest BCUT2D eigenvalue weighted by Gasteiger charge is -2.38. The minimum absolute atomic E-state index is 0.197. The van der Waals surface area contributed by atoms with Crippen LogP contribution < -0.4 is 4.90 Å². The van der Waals surface area contributed by atoms with Crippen LogP contribution in [0.3, 0.4) is 0 Å². The molecule has 1 aromatic rings. The standard InChI is InChI=1S/C19H29NO/c1-5-20(17-9-7-6-8-10-17)14-15-13-16(19(2,3)4)11-12-18(15)21/h6-10,15-16H,5,11-14H2,1-4H3. The lowest BCUT2D eigenvalue weighted by molar-refractivity contribution is -0.126. The van der Waals surface area contributed by atoms with Crippen LogP contribution in [0.4, 0.5) is 5.69 Å². The molecule has 116 valence electrons. The second-order valence-corrected chi connectivity index (χ2v) is 7.37. The van der Waals surface area contributed by atoms with E-state index in [0.717, 1.165) is 32.4 Å². The first-order valence-corrected chi connectivity index (χ1v) is 8.24. The van der Waals surface area contributed by atoms with E-state index in [9.17, 15) is 4.79 Å². The second-order valence-electron chi connectivity index (χ2n) is 7.37. The number of para-hydroxylation sites is 1. The molecule has 2 heteroatoms. The highest BCUT2D eigenvalue weighted by Crippen LogP contribution is 2.39. The predicted octanol–water partition coefficient (Wildman–Crippen LogP) is 4.54. The van der Waals surface area contributed by atoms with Gasteiger partial charge < -0.3 is 4.90 Å². The number of ketones is 1. The highest BCUT2D eigenvalue weighted by molar-refractivity contribution is 5.82. The molecule has 0 amide bonds. The summed E-state index contributed by atoms with van der Waals surface area (Å²) in [5.74, 6) is 1.32. The van der Waals surface area contributed by atoms with E-state index in [1.54, 1.807) is 0 Å².